The molecule has 3 fully saturated rings. The summed E-state index contributed by atoms with van der Waals surface area (Å²) >= 11 is 0. The summed E-state index contributed by atoms with van der Waals surface area (Å²) in [5, 5.41) is 0. The minimum absolute atomic E-state index is 0.228. The topological polar surface area (TPSA) is 35.5 Å². The van der Waals surface area contributed by atoms with Gasteiger partial charge < -0.3 is 9.47 Å². The zero-order chi connectivity index (χ0) is 20.0. The van der Waals surface area contributed by atoms with Crippen molar-refractivity contribution in [2.45, 2.75) is 122 Å². The number of unbranched alkanes of at least 4 members (excludes halogenated alkanes) is 4. The molecule has 28 heavy (non-hydrogen) atoms. The van der Waals surface area contributed by atoms with Crippen molar-refractivity contribution >= 4 is 5.78 Å². The molecule has 0 aromatic carbocycles. The predicted octanol–water partition coefficient (Wildman–Crippen LogP) is 6.18. The molecule has 162 valence electrons. The summed E-state index contributed by atoms with van der Waals surface area (Å²) in [6.07, 6.45) is 12.6. The van der Waals surface area contributed by atoms with E-state index in [0.717, 1.165) is 51.7 Å². The molecule has 0 saturated heterocycles. The van der Waals surface area contributed by atoms with Crippen LogP contribution in [0.1, 0.15) is 104 Å². The first-order chi connectivity index (χ1) is 13.6. The van der Waals surface area contributed by atoms with E-state index < -0.39 is 17.0 Å². The van der Waals surface area contributed by atoms with Crippen molar-refractivity contribution in [3.8, 4) is 0 Å². The number of carbonyl (C=O) groups is 1. The van der Waals surface area contributed by atoms with E-state index in [1.807, 2.05) is 0 Å². The molecule has 0 atom stereocenters. The zero-order valence-electron chi connectivity index (χ0n) is 18.1. The van der Waals surface area contributed by atoms with Crippen LogP contribution in [0.3, 0.4) is 0 Å². The molecular weight excluding hydrogens is 355 g/mol. The molecule has 0 aromatic heterocycles. The number of ketones is 1. The number of ether oxygens (including phenoxy) is 2. The summed E-state index contributed by atoms with van der Waals surface area (Å²) in [6.45, 7) is 6.00. The Kier molecular flexibility index (Phi) is 7.95. The van der Waals surface area contributed by atoms with Gasteiger partial charge >= 0.3 is 0 Å². The number of alkyl halides is 1. The van der Waals surface area contributed by atoms with Crippen molar-refractivity contribution in [1.29, 1.82) is 0 Å². The van der Waals surface area contributed by atoms with Crippen LogP contribution in [0.4, 0.5) is 4.39 Å². The lowest BCUT2D eigenvalue weighted by molar-refractivity contribution is -0.198. The zero-order valence-corrected chi connectivity index (χ0v) is 18.1. The minimum Gasteiger partial charge on any atom is -0.378 e. The van der Waals surface area contributed by atoms with Gasteiger partial charge in [-0.1, -0.05) is 39.5 Å². The van der Waals surface area contributed by atoms with Gasteiger partial charge in [-0.05, 0) is 64.2 Å². The lowest BCUT2D eigenvalue weighted by atomic mass is 9.42. The lowest BCUT2D eigenvalue weighted by Crippen LogP contribution is -2.69. The Morgan fingerprint density at radius 3 is 1.50 bits per heavy atom. The molecule has 3 aliphatic rings. The van der Waals surface area contributed by atoms with Gasteiger partial charge in [-0.3, -0.25) is 4.79 Å². The largest absolute Gasteiger partial charge is 0.378 e. The Balaban J connectivity index is 1.43. The quantitative estimate of drug-likeness (QED) is 0.414. The molecule has 2 spiro atoms. The summed E-state index contributed by atoms with van der Waals surface area (Å²) < 4.78 is 27.5. The van der Waals surface area contributed by atoms with Crippen LogP contribution in [0, 0.1) is 10.8 Å². The molecule has 0 N–H and O–H groups in total. The molecule has 0 amide bonds. The third kappa shape index (κ3) is 4.33. The maximum Gasteiger partial charge on any atom is 0.151 e. The Morgan fingerprint density at radius 2 is 1.18 bits per heavy atom. The molecule has 0 unspecified atom stereocenters. The Labute approximate surface area is 171 Å². The molecule has 3 rings (SSSR count). The van der Waals surface area contributed by atoms with E-state index in [0.29, 0.717) is 25.7 Å². The molecule has 0 heterocycles. The molecule has 0 radical (unpaired) electrons. The molecule has 0 aromatic rings. The van der Waals surface area contributed by atoms with Crippen molar-refractivity contribution in [2.24, 2.45) is 10.8 Å². The van der Waals surface area contributed by atoms with Crippen molar-refractivity contribution in [1.82, 2.24) is 0 Å². The number of carbonyl (C=O) groups excluding carboxylic acids is 1. The normalized spacial score (nSPS) is 38.1. The standard InChI is InChI=1S/C24H41FO3/c1-3-5-7-17-27-19-9-13-23(14-10-19)21(25)24(22(23)26)15-11-20(12-16-24)28-18-8-6-4-2/h19-21H,3-18H2,1-2H3. The van der Waals surface area contributed by atoms with Gasteiger partial charge in [0, 0.05) is 13.2 Å². The van der Waals surface area contributed by atoms with Gasteiger partial charge in [-0.2, -0.15) is 0 Å². The fourth-order valence-corrected chi connectivity index (χ4v) is 5.89. The summed E-state index contributed by atoms with van der Waals surface area (Å²) in [4.78, 5) is 13.2. The molecule has 4 heteroatoms. The van der Waals surface area contributed by atoms with E-state index in [4.69, 9.17) is 9.47 Å². The monoisotopic (exact) mass is 396 g/mol. The summed E-state index contributed by atoms with van der Waals surface area (Å²) in [6, 6.07) is 0. The fourth-order valence-electron chi connectivity index (χ4n) is 5.89. The molecule has 3 aliphatic carbocycles. The van der Waals surface area contributed by atoms with Crippen LogP contribution in [0.5, 0.6) is 0 Å². The van der Waals surface area contributed by atoms with Gasteiger partial charge in [0.05, 0.1) is 23.0 Å². The van der Waals surface area contributed by atoms with Gasteiger partial charge in [0.15, 0.2) is 5.78 Å². The molecule has 3 saturated carbocycles. The minimum atomic E-state index is -0.949. The summed E-state index contributed by atoms with van der Waals surface area (Å²) in [5.74, 6) is 0.237. The van der Waals surface area contributed by atoms with Crippen LogP contribution in [-0.2, 0) is 14.3 Å². The van der Waals surface area contributed by atoms with E-state index in [9.17, 15) is 4.79 Å². The number of rotatable bonds is 10. The van der Waals surface area contributed by atoms with Crippen LogP contribution in [-0.4, -0.2) is 37.4 Å². The SMILES string of the molecule is CCCCCOC1CCC2(CC1)C(=O)C1(CCC(OCCCCC)CC1)C2F. The average molecular weight is 397 g/mol. The molecule has 0 aliphatic heterocycles. The van der Waals surface area contributed by atoms with Crippen LogP contribution in [0.15, 0.2) is 0 Å². The van der Waals surface area contributed by atoms with Gasteiger partial charge in [-0.15, -0.1) is 0 Å². The van der Waals surface area contributed by atoms with Gasteiger partial charge in [0.1, 0.15) is 6.17 Å². The van der Waals surface area contributed by atoms with Crippen molar-refractivity contribution in [3.05, 3.63) is 0 Å². The van der Waals surface area contributed by atoms with E-state index in [-0.39, 0.29) is 18.0 Å². The second-order valence-electron chi connectivity index (χ2n) is 9.56. The first-order valence-corrected chi connectivity index (χ1v) is 12.0. The highest BCUT2D eigenvalue weighted by Gasteiger charge is 2.71. The Hall–Kier alpha value is -0.480. The first-order valence-electron chi connectivity index (χ1n) is 12.0. The second kappa shape index (κ2) is 10.0. The van der Waals surface area contributed by atoms with Crippen molar-refractivity contribution in [3.63, 3.8) is 0 Å². The van der Waals surface area contributed by atoms with Gasteiger partial charge in [0.25, 0.3) is 0 Å². The number of halogens is 1. The fraction of sp³-hybridized carbons (Fsp3) is 0.958. The summed E-state index contributed by atoms with van der Waals surface area (Å²) in [5.41, 5.74) is -1.36. The molecule has 0 bridgehead atoms. The maximum atomic E-state index is 15.5. The second-order valence-corrected chi connectivity index (χ2v) is 9.56. The average Bonchev–Trinajstić information content (AvgIpc) is 2.74. The third-order valence-electron chi connectivity index (χ3n) is 7.73. The Morgan fingerprint density at radius 1 is 0.786 bits per heavy atom. The first kappa shape index (κ1) is 22.2. The number of hydrogen-bond acceptors (Lipinski definition) is 3. The smallest absolute Gasteiger partial charge is 0.151 e. The van der Waals surface area contributed by atoms with E-state index in [2.05, 4.69) is 13.8 Å². The van der Waals surface area contributed by atoms with E-state index >= 15 is 4.39 Å². The molecular formula is C24H41FO3. The van der Waals surface area contributed by atoms with Gasteiger partial charge in [0.2, 0.25) is 0 Å². The van der Waals surface area contributed by atoms with E-state index in [1.165, 1.54) is 25.7 Å². The third-order valence-corrected chi connectivity index (χ3v) is 7.73. The number of hydrogen-bond donors (Lipinski definition) is 0. The number of Topliss-reactive ketones (excluding diaryl/α,β-unsaturated/α-hetero) is 1. The predicted molar refractivity (Wildman–Crippen MR) is 110 cm³/mol. The van der Waals surface area contributed by atoms with Crippen molar-refractivity contribution in [2.75, 3.05) is 13.2 Å². The lowest BCUT2D eigenvalue weighted by Gasteiger charge is -2.61. The van der Waals surface area contributed by atoms with Crippen LogP contribution >= 0.6 is 0 Å². The maximum absolute atomic E-state index is 15.5. The van der Waals surface area contributed by atoms with Crippen LogP contribution < -0.4 is 0 Å². The van der Waals surface area contributed by atoms with Crippen LogP contribution in [0.2, 0.25) is 0 Å². The highest BCUT2D eigenvalue weighted by molar-refractivity contribution is 5.98. The highest BCUT2D eigenvalue weighted by atomic mass is 19.1. The summed E-state index contributed by atoms with van der Waals surface area (Å²) in [7, 11) is 0. The van der Waals surface area contributed by atoms with Crippen molar-refractivity contribution < 1.29 is 18.7 Å². The van der Waals surface area contributed by atoms with E-state index in [1.54, 1.807) is 0 Å². The van der Waals surface area contributed by atoms with Crippen LogP contribution in [0.25, 0.3) is 0 Å². The molecule has 3 nitrogen and oxygen atoms in total. The Bertz CT molecular complexity index is 448. The highest BCUT2D eigenvalue weighted by Crippen LogP contribution is 2.64. The van der Waals surface area contributed by atoms with Gasteiger partial charge in [-0.25, -0.2) is 4.39 Å².